The summed E-state index contributed by atoms with van der Waals surface area (Å²) in [6.07, 6.45) is -0.0945. The van der Waals surface area contributed by atoms with Crippen LogP contribution in [-0.4, -0.2) is 32.1 Å². The average Bonchev–Trinajstić information content (AvgIpc) is 2.34. The van der Waals surface area contributed by atoms with E-state index in [-0.39, 0.29) is 17.9 Å². The smallest absolute Gasteiger partial charge is 0.242 e. The Bertz CT molecular complexity index is 687. The zero-order valence-electron chi connectivity index (χ0n) is 11.9. The molecule has 21 heavy (non-hydrogen) atoms. The van der Waals surface area contributed by atoms with Crippen LogP contribution in [0.15, 0.2) is 23.1 Å². The molecule has 0 spiro atoms. The summed E-state index contributed by atoms with van der Waals surface area (Å²) < 4.78 is 27.0. The fourth-order valence-electron chi connectivity index (χ4n) is 1.78. The molecule has 1 aromatic rings. The summed E-state index contributed by atoms with van der Waals surface area (Å²) >= 11 is 0. The molecule has 0 saturated heterocycles. The van der Waals surface area contributed by atoms with Crippen LogP contribution in [0.25, 0.3) is 0 Å². The number of nitrogens with two attached hydrogens (primary N) is 1. The molecule has 0 aliphatic carbocycles. The van der Waals surface area contributed by atoms with E-state index in [1.54, 1.807) is 19.1 Å². The van der Waals surface area contributed by atoms with Crippen molar-refractivity contribution in [3.63, 3.8) is 0 Å². The summed E-state index contributed by atoms with van der Waals surface area (Å²) in [4.78, 5) is 10.8. The predicted octanol–water partition coefficient (Wildman–Crippen LogP) is -0.119. The predicted molar refractivity (Wildman–Crippen MR) is 78.7 cm³/mol. The van der Waals surface area contributed by atoms with Gasteiger partial charge in [-0.25, -0.2) is 13.1 Å². The van der Waals surface area contributed by atoms with Crippen LogP contribution in [0.1, 0.15) is 24.5 Å². The summed E-state index contributed by atoms with van der Waals surface area (Å²) in [7, 11) is -3.82. The lowest BCUT2D eigenvalue weighted by Crippen LogP contribution is -2.36. The Morgan fingerprint density at radius 3 is 2.71 bits per heavy atom. The van der Waals surface area contributed by atoms with Crippen molar-refractivity contribution in [2.24, 2.45) is 5.73 Å². The Morgan fingerprint density at radius 2 is 2.14 bits per heavy atom. The molecule has 0 aromatic heterocycles. The third-order valence-electron chi connectivity index (χ3n) is 2.59. The lowest BCUT2D eigenvalue weighted by atomic mass is 10.1. The van der Waals surface area contributed by atoms with Gasteiger partial charge in [0.25, 0.3) is 0 Å². The van der Waals surface area contributed by atoms with Gasteiger partial charge in [-0.1, -0.05) is 17.9 Å². The molecule has 1 unspecified atom stereocenters. The van der Waals surface area contributed by atoms with Gasteiger partial charge in [-0.3, -0.25) is 4.79 Å². The van der Waals surface area contributed by atoms with E-state index >= 15 is 0 Å². The van der Waals surface area contributed by atoms with Crippen LogP contribution in [0.2, 0.25) is 0 Å². The second-order valence-electron chi connectivity index (χ2n) is 4.65. The normalized spacial score (nSPS) is 12.3. The van der Waals surface area contributed by atoms with Gasteiger partial charge in [0, 0.05) is 18.0 Å². The van der Waals surface area contributed by atoms with Gasteiger partial charge >= 0.3 is 0 Å². The summed E-state index contributed by atoms with van der Waals surface area (Å²) in [6, 6.07) is 4.09. The molecule has 1 aromatic carbocycles. The number of primary amides is 1. The molecular formula is C14H18N2O4S. The van der Waals surface area contributed by atoms with E-state index in [9.17, 15) is 13.2 Å². The number of hydrogen-bond acceptors (Lipinski definition) is 4. The fraction of sp³-hybridized carbons (Fsp3) is 0.357. The molecule has 0 radical (unpaired) electrons. The Morgan fingerprint density at radius 1 is 1.48 bits per heavy atom. The number of hydrogen-bond donors (Lipinski definition) is 3. The van der Waals surface area contributed by atoms with Crippen molar-refractivity contribution >= 4 is 15.9 Å². The standard InChI is InChI=1S/C14H18N2O4S/c1-10-5-6-13(12(8-10)4-3-7-17)21(19,20)16-11(2)9-14(15)18/h5-6,8,11,16-17H,7,9H2,1-2H3,(H2,15,18). The van der Waals surface area contributed by atoms with Gasteiger partial charge in [0.15, 0.2) is 0 Å². The molecule has 7 heteroatoms. The lowest BCUT2D eigenvalue weighted by molar-refractivity contribution is -0.118. The van der Waals surface area contributed by atoms with E-state index in [0.717, 1.165) is 5.56 Å². The second-order valence-corrected chi connectivity index (χ2v) is 6.33. The molecule has 0 heterocycles. The van der Waals surface area contributed by atoms with Gasteiger partial charge in [0.1, 0.15) is 6.61 Å². The van der Waals surface area contributed by atoms with Crippen LogP contribution in [0.4, 0.5) is 0 Å². The third-order valence-corrected chi connectivity index (χ3v) is 4.24. The number of carbonyl (C=O) groups is 1. The molecule has 0 fully saturated rings. The number of sulfonamides is 1. The van der Waals surface area contributed by atoms with Crippen molar-refractivity contribution in [2.75, 3.05) is 6.61 Å². The van der Waals surface area contributed by atoms with Gasteiger partial charge in [0.05, 0.1) is 4.90 Å². The highest BCUT2D eigenvalue weighted by atomic mass is 32.2. The van der Waals surface area contributed by atoms with E-state index in [4.69, 9.17) is 10.8 Å². The maximum absolute atomic E-state index is 12.3. The molecule has 0 bridgehead atoms. The first-order chi connectivity index (χ1) is 9.76. The summed E-state index contributed by atoms with van der Waals surface area (Å²) in [6.45, 7) is 3.00. The number of rotatable bonds is 5. The van der Waals surface area contributed by atoms with Crippen molar-refractivity contribution in [1.82, 2.24) is 4.72 Å². The molecule has 1 rings (SSSR count). The second kappa shape index (κ2) is 7.22. The van der Waals surface area contributed by atoms with Crippen molar-refractivity contribution in [2.45, 2.75) is 31.2 Å². The number of nitrogens with one attached hydrogen (secondary N) is 1. The van der Waals surface area contributed by atoms with Crippen LogP contribution in [0.3, 0.4) is 0 Å². The number of aliphatic hydroxyl groups excluding tert-OH is 1. The summed E-state index contributed by atoms with van der Waals surface area (Å²) in [5, 5.41) is 8.75. The lowest BCUT2D eigenvalue weighted by Gasteiger charge is -2.14. The maximum Gasteiger partial charge on any atom is 0.242 e. The molecule has 1 amide bonds. The largest absolute Gasteiger partial charge is 0.384 e. The highest BCUT2D eigenvalue weighted by molar-refractivity contribution is 7.89. The minimum atomic E-state index is -3.82. The van der Waals surface area contributed by atoms with Crippen molar-refractivity contribution in [3.05, 3.63) is 29.3 Å². The molecule has 0 saturated carbocycles. The van der Waals surface area contributed by atoms with Crippen LogP contribution >= 0.6 is 0 Å². The highest BCUT2D eigenvalue weighted by Gasteiger charge is 2.21. The number of benzene rings is 1. The van der Waals surface area contributed by atoms with E-state index < -0.39 is 22.0 Å². The fourth-order valence-corrected chi connectivity index (χ4v) is 3.17. The zero-order valence-corrected chi connectivity index (χ0v) is 12.7. The Kier molecular flexibility index (Phi) is 5.90. The molecule has 0 aliphatic rings. The number of aryl methyl sites for hydroxylation is 1. The highest BCUT2D eigenvalue weighted by Crippen LogP contribution is 2.17. The first kappa shape index (κ1) is 17.2. The third kappa shape index (κ3) is 5.19. The Labute approximate surface area is 124 Å². The van der Waals surface area contributed by atoms with Gasteiger partial charge < -0.3 is 10.8 Å². The molecule has 114 valence electrons. The molecule has 1 atom stereocenters. The minimum Gasteiger partial charge on any atom is -0.384 e. The number of amides is 1. The SMILES string of the molecule is Cc1ccc(S(=O)(=O)NC(C)CC(N)=O)c(C#CCO)c1. The summed E-state index contributed by atoms with van der Waals surface area (Å²) in [5.74, 6) is 4.45. The van der Waals surface area contributed by atoms with Crippen molar-refractivity contribution in [1.29, 1.82) is 0 Å². The van der Waals surface area contributed by atoms with Crippen LogP contribution in [-0.2, 0) is 14.8 Å². The van der Waals surface area contributed by atoms with Crippen LogP contribution < -0.4 is 10.5 Å². The first-order valence-electron chi connectivity index (χ1n) is 6.27. The Balaban J connectivity index is 3.16. The van der Waals surface area contributed by atoms with E-state index in [0.29, 0.717) is 5.56 Å². The molecular weight excluding hydrogens is 292 g/mol. The van der Waals surface area contributed by atoms with E-state index in [2.05, 4.69) is 16.6 Å². The molecule has 6 nitrogen and oxygen atoms in total. The monoisotopic (exact) mass is 310 g/mol. The molecule has 0 aliphatic heterocycles. The van der Waals surface area contributed by atoms with Gasteiger partial charge in [-0.05, 0) is 31.5 Å². The van der Waals surface area contributed by atoms with Crippen LogP contribution in [0, 0.1) is 18.8 Å². The zero-order chi connectivity index (χ0) is 16.0. The molecule has 4 N–H and O–H groups in total. The maximum atomic E-state index is 12.3. The van der Waals surface area contributed by atoms with E-state index in [1.165, 1.54) is 6.07 Å². The number of carbonyl (C=O) groups excluding carboxylic acids is 1. The Hall–Kier alpha value is -1.88. The minimum absolute atomic E-state index is 0.00497. The number of aliphatic hydroxyl groups is 1. The summed E-state index contributed by atoms with van der Waals surface area (Å²) in [5.41, 5.74) is 6.19. The van der Waals surface area contributed by atoms with Crippen molar-refractivity contribution < 1.29 is 18.3 Å². The van der Waals surface area contributed by atoms with Crippen molar-refractivity contribution in [3.8, 4) is 11.8 Å². The van der Waals surface area contributed by atoms with Crippen LogP contribution in [0.5, 0.6) is 0 Å². The topological polar surface area (TPSA) is 109 Å². The van der Waals surface area contributed by atoms with E-state index in [1.807, 2.05) is 6.92 Å². The first-order valence-corrected chi connectivity index (χ1v) is 7.75. The van der Waals surface area contributed by atoms with Gasteiger partial charge in [0.2, 0.25) is 15.9 Å². The van der Waals surface area contributed by atoms with Gasteiger partial charge in [-0.2, -0.15) is 0 Å². The quantitative estimate of drug-likeness (QED) is 0.659. The van der Waals surface area contributed by atoms with Gasteiger partial charge in [-0.15, -0.1) is 0 Å². The average molecular weight is 310 g/mol.